The van der Waals surface area contributed by atoms with Gasteiger partial charge in [0.15, 0.2) is 6.10 Å². The zero-order valence-corrected chi connectivity index (χ0v) is 19.0. The number of benzene rings is 1. The van der Waals surface area contributed by atoms with Crippen LogP contribution in [0, 0.1) is 13.8 Å². The van der Waals surface area contributed by atoms with Crippen LogP contribution in [0.4, 0.5) is 10.5 Å². The number of amides is 2. The fourth-order valence-corrected chi connectivity index (χ4v) is 3.81. The molecule has 2 aromatic heterocycles. The Kier molecular flexibility index (Phi) is 6.73. The summed E-state index contributed by atoms with van der Waals surface area (Å²) in [5.41, 5.74) is 4.98. The number of aliphatic hydroxyl groups excluding tert-OH is 2. The molecule has 3 N–H and O–H groups in total. The number of halogens is 1. The van der Waals surface area contributed by atoms with E-state index in [9.17, 15) is 9.90 Å². The number of nitrogens with zero attached hydrogens (tertiary/aromatic N) is 4. The van der Waals surface area contributed by atoms with Crippen LogP contribution in [-0.4, -0.2) is 49.4 Å². The maximum absolute atomic E-state index is 12.6. The van der Waals surface area contributed by atoms with Crippen LogP contribution in [0.1, 0.15) is 46.7 Å². The second-order valence-corrected chi connectivity index (χ2v) is 8.26. The van der Waals surface area contributed by atoms with Crippen LogP contribution in [-0.2, 0) is 6.61 Å². The van der Waals surface area contributed by atoms with Crippen molar-refractivity contribution in [2.45, 2.75) is 33.0 Å². The zero-order valence-electron chi connectivity index (χ0n) is 18.2. The molecule has 10 heteroatoms. The molecule has 33 heavy (non-hydrogen) atoms. The van der Waals surface area contributed by atoms with E-state index in [1.807, 2.05) is 38.1 Å². The Balaban J connectivity index is 1.42. The molecule has 1 aromatic carbocycles. The molecule has 2 amide bonds. The topological polar surface area (TPSA) is 125 Å². The third-order valence-electron chi connectivity index (χ3n) is 5.59. The lowest BCUT2D eigenvalue weighted by atomic mass is 10.0. The predicted molar refractivity (Wildman–Crippen MR) is 123 cm³/mol. The Morgan fingerprint density at radius 1 is 1.27 bits per heavy atom. The number of hydrogen-bond donors (Lipinski definition) is 3. The Morgan fingerprint density at radius 3 is 2.73 bits per heavy atom. The van der Waals surface area contributed by atoms with Gasteiger partial charge in [0.2, 0.25) is 11.8 Å². The highest BCUT2D eigenvalue weighted by atomic mass is 35.5. The summed E-state index contributed by atoms with van der Waals surface area (Å²) in [6.45, 7) is 4.58. The van der Waals surface area contributed by atoms with Crippen molar-refractivity contribution in [2.24, 2.45) is 0 Å². The van der Waals surface area contributed by atoms with Crippen molar-refractivity contribution in [3.8, 4) is 0 Å². The summed E-state index contributed by atoms with van der Waals surface area (Å²) in [6, 6.07) is 7.27. The number of aromatic nitrogens is 3. The number of anilines is 1. The monoisotopic (exact) mass is 469 g/mol. The lowest BCUT2D eigenvalue weighted by Crippen LogP contribution is -2.38. The first-order chi connectivity index (χ1) is 15.9. The second-order valence-electron chi connectivity index (χ2n) is 7.85. The fraction of sp³-hybridized carbons (Fsp3) is 0.304. The van der Waals surface area contributed by atoms with E-state index >= 15 is 0 Å². The summed E-state index contributed by atoms with van der Waals surface area (Å²) in [5.74, 6) is -0.0369. The van der Waals surface area contributed by atoms with E-state index in [-0.39, 0.29) is 17.8 Å². The molecule has 0 bridgehead atoms. The third kappa shape index (κ3) is 5.05. The molecular formula is C23H24ClN5O4. The van der Waals surface area contributed by atoms with Crippen molar-refractivity contribution in [1.29, 1.82) is 0 Å². The average Bonchev–Trinajstić information content (AvgIpc) is 3.30. The summed E-state index contributed by atoms with van der Waals surface area (Å²) in [6.07, 6.45) is 2.81. The standard InChI is InChI=1S/C23H24ClN5O4/c1-13-3-4-17(9-14(13)2)26-23(32)29-7-5-15(6-8-29)20-18(24)10-16(11-25-20)21(31)22-28-27-19(12-30)33-22/h3-5,9-11,21,30-31H,6-8,12H2,1-2H3,(H,26,32). The van der Waals surface area contributed by atoms with Gasteiger partial charge in [0.25, 0.3) is 0 Å². The Hall–Kier alpha value is -3.27. The highest BCUT2D eigenvalue weighted by molar-refractivity contribution is 6.32. The normalized spacial score (nSPS) is 14.7. The Morgan fingerprint density at radius 2 is 2.09 bits per heavy atom. The van der Waals surface area contributed by atoms with Crippen LogP contribution in [0.3, 0.4) is 0 Å². The summed E-state index contributed by atoms with van der Waals surface area (Å²) >= 11 is 6.45. The largest absolute Gasteiger partial charge is 0.420 e. The van der Waals surface area contributed by atoms with Crippen LogP contribution in [0.5, 0.6) is 0 Å². The summed E-state index contributed by atoms with van der Waals surface area (Å²) in [5, 5.41) is 30.1. The number of aliphatic hydroxyl groups is 2. The van der Waals surface area contributed by atoms with Gasteiger partial charge in [0, 0.05) is 30.5 Å². The number of carbonyl (C=O) groups is 1. The van der Waals surface area contributed by atoms with Crippen molar-refractivity contribution in [3.05, 3.63) is 75.7 Å². The van der Waals surface area contributed by atoms with Crippen LogP contribution < -0.4 is 5.32 Å². The lowest BCUT2D eigenvalue weighted by Gasteiger charge is -2.27. The van der Waals surface area contributed by atoms with E-state index in [2.05, 4.69) is 20.5 Å². The number of aryl methyl sites for hydroxylation is 2. The maximum Gasteiger partial charge on any atom is 0.322 e. The van der Waals surface area contributed by atoms with E-state index in [4.69, 9.17) is 21.1 Å². The van der Waals surface area contributed by atoms with Gasteiger partial charge in [-0.3, -0.25) is 4.98 Å². The SMILES string of the molecule is Cc1ccc(NC(=O)N2CC=C(c3ncc(C(O)c4nnc(CO)o4)cc3Cl)CC2)cc1C. The van der Waals surface area contributed by atoms with Crippen molar-refractivity contribution < 1.29 is 19.4 Å². The van der Waals surface area contributed by atoms with Gasteiger partial charge in [-0.2, -0.15) is 0 Å². The molecule has 4 rings (SSSR count). The van der Waals surface area contributed by atoms with E-state index in [0.717, 1.165) is 16.8 Å². The van der Waals surface area contributed by atoms with Crippen molar-refractivity contribution in [1.82, 2.24) is 20.1 Å². The van der Waals surface area contributed by atoms with Crippen LogP contribution in [0.25, 0.3) is 5.57 Å². The van der Waals surface area contributed by atoms with Gasteiger partial charge < -0.3 is 24.8 Å². The van der Waals surface area contributed by atoms with E-state index in [1.165, 1.54) is 11.8 Å². The molecule has 1 unspecified atom stereocenters. The van der Waals surface area contributed by atoms with Crippen molar-refractivity contribution >= 4 is 28.9 Å². The molecule has 0 spiro atoms. The summed E-state index contributed by atoms with van der Waals surface area (Å²) in [4.78, 5) is 18.8. The van der Waals surface area contributed by atoms with Gasteiger partial charge in [-0.05, 0) is 55.2 Å². The molecule has 3 heterocycles. The minimum atomic E-state index is -1.21. The highest BCUT2D eigenvalue weighted by Crippen LogP contribution is 2.30. The number of carbonyl (C=O) groups excluding carboxylic acids is 1. The molecule has 1 aliphatic rings. The minimum absolute atomic E-state index is 0.0122. The smallest absolute Gasteiger partial charge is 0.322 e. The quantitative estimate of drug-likeness (QED) is 0.521. The molecule has 0 radical (unpaired) electrons. The molecule has 1 aliphatic heterocycles. The van der Waals surface area contributed by atoms with E-state index in [0.29, 0.717) is 35.8 Å². The maximum atomic E-state index is 12.6. The van der Waals surface area contributed by atoms with Crippen molar-refractivity contribution in [2.75, 3.05) is 18.4 Å². The lowest BCUT2D eigenvalue weighted by molar-refractivity contribution is 0.170. The fourth-order valence-electron chi connectivity index (χ4n) is 3.51. The highest BCUT2D eigenvalue weighted by Gasteiger charge is 2.23. The van der Waals surface area contributed by atoms with Gasteiger partial charge >= 0.3 is 6.03 Å². The van der Waals surface area contributed by atoms with E-state index < -0.39 is 12.7 Å². The van der Waals surface area contributed by atoms with Gasteiger partial charge in [0.05, 0.1) is 10.7 Å². The molecular weight excluding hydrogens is 446 g/mol. The van der Waals surface area contributed by atoms with Gasteiger partial charge in [-0.25, -0.2) is 4.79 Å². The van der Waals surface area contributed by atoms with Crippen LogP contribution in [0.15, 0.2) is 41.0 Å². The number of pyridine rings is 1. The molecule has 0 fully saturated rings. The third-order valence-corrected chi connectivity index (χ3v) is 5.88. The molecule has 0 saturated carbocycles. The first kappa shape index (κ1) is 22.9. The second kappa shape index (κ2) is 9.70. The number of urea groups is 1. The zero-order chi connectivity index (χ0) is 23.5. The minimum Gasteiger partial charge on any atom is -0.420 e. The Bertz CT molecular complexity index is 1210. The molecule has 172 valence electrons. The summed E-state index contributed by atoms with van der Waals surface area (Å²) in [7, 11) is 0. The van der Waals surface area contributed by atoms with Gasteiger partial charge in [0.1, 0.15) is 6.61 Å². The Labute approximate surface area is 195 Å². The van der Waals surface area contributed by atoms with Crippen LogP contribution in [0.2, 0.25) is 5.02 Å². The van der Waals surface area contributed by atoms with Gasteiger partial charge in [-0.1, -0.05) is 23.7 Å². The first-order valence-corrected chi connectivity index (χ1v) is 10.8. The van der Waals surface area contributed by atoms with Crippen LogP contribution >= 0.6 is 11.6 Å². The molecule has 1 atom stereocenters. The van der Waals surface area contributed by atoms with Gasteiger partial charge in [-0.15, -0.1) is 10.2 Å². The molecule has 0 aliphatic carbocycles. The number of nitrogens with one attached hydrogen (secondary N) is 1. The average molecular weight is 470 g/mol. The molecule has 0 saturated heterocycles. The molecule has 9 nitrogen and oxygen atoms in total. The summed E-state index contributed by atoms with van der Waals surface area (Å²) < 4.78 is 5.18. The number of hydrogen-bond acceptors (Lipinski definition) is 7. The van der Waals surface area contributed by atoms with Crippen molar-refractivity contribution in [3.63, 3.8) is 0 Å². The first-order valence-electron chi connectivity index (χ1n) is 10.4. The molecule has 3 aromatic rings. The number of rotatable bonds is 5. The van der Waals surface area contributed by atoms with E-state index in [1.54, 1.807) is 11.0 Å². The predicted octanol–water partition coefficient (Wildman–Crippen LogP) is 3.63.